The minimum absolute atomic E-state index is 0.149. The number of benzene rings is 1. The second-order valence-corrected chi connectivity index (χ2v) is 20.5. The number of carbonyl (C=O) groups is 11. The number of hydrogen-bond acceptors (Lipinski definition) is 27. The second-order valence-electron chi connectivity index (χ2n) is 20.5. The molecule has 0 bridgehead atoms. The maximum Gasteiger partial charge on any atom is 0.366 e. The van der Waals surface area contributed by atoms with Gasteiger partial charge >= 0.3 is 47.8 Å². The van der Waals surface area contributed by atoms with Gasteiger partial charge in [0.05, 0.1) is 25.6 Å². The Balaban J connectivity index is 1.84. The van der Waals surface area contributed by atoms with Gasteiger partial charge in [-0.05, 0) is 20.8 Å². The van der Waals surface area contributed by atoms with Gasteiger partial charge in [-0.1, -0.05) is 30.3 Å². The van der Waals surface area contributed by atoms with Crippen LogP contribution in [0, 0.1) is 5.41 Å². The largest absolute Gasteiger partial charge is 0.465 e. The van der Waals surface area contributed by atoms with Crippen molar-refractivity contribution in [1.29, 1.82) is 0 Å². The highest BCUT2D eigenvalue weighted by atomic mass is 16.8. The van der Waals surface area contributed by atoms with Crippen molar-refractivity contribution in [3.05, 3.63) is 35.9 Å². The van der Waals surface area contributed by atoms with E-state index >= 15 is 4.79 Å². The van der Waals surface area contributed by atoms with E-state index in [4.69, 9.17) is 75.8 Å². The van der Waals surface area contributed by atoms with Gasteiger partial charge in [-0.25, -0.2) is 4.79 Å². The van der Waals surface area contributed by atoms with Gasteiger partial charge in [0, 0.05) is 75.0 Å². The maximum absolute atomic E-state index is 15.0. The zero-order chi connectivity index (χ0) is 61.1. The maximum atomic E-state index is 15.0. The van der Waals surface area contributed by atoms with E-state index in [0.717, 1.165) is 62.5 Å². The van der Waals surface area contributed by atoms with Gasteiger partial charge in [-0.3, -0.25) is 52.8 Å². The number of carbonyl (C=O) groups excluding carboxylic acids is 11. The first-order valence-corrected chi connectivity index (χ1v) is 25.9. The number of nitrogens with zero attached hydrogens (tertiary/aromatic N) is 1. The standard InChI is InChI=1S/C53H72N2O27/c1-24(56)54-38-43(40-36(77-48(38)67-13)22-70-47(79-40)33-18-16-15-17-19-33)80-49-46(76-32(9)64)45(42(75-31(8)63)37(78-49)23-71-50(65)52(10,11)12)82-53(51(66)68-14)20-34(72-28(5)60)39(55(25(2)57)26(3)58)44(81-53)41(74-30(7)62)35(73-29(6)61)21-69-27(4)59/h15-19,34-49H,20-23H2,1-14H3,(H,54,56)/t34-,35+,36+,37+,38+,39+,40-,41+,42-,43+,44+,45-,46+,47?,48-,49-,53-/m0/s1. The van der Waals surface area contributed by atoms with Gasteiger partial charge in [0.25, 0.3) is 5.79 Å². The van der Waals surface area contributed by atoms with Crippen LogP contribution in [0.25, 0.3) is 0 Å². The molecule has 1 N–H and O–H groups in total. The van der Waals surface area contributed by atoms with Gasteiger partial charge in [0.2, 0.25) is 17.7 Å². The highest BCUT2D eigenvalue weighted by molar-refractivity contribution is 5.93. The molecule has 1 aromatic rings. The zero-order valence-electron chi connectivity index (χ0n) is 47.9. The third-order valence-corrected chi connectivity index (χ3v) is 12.9. The summed E-state index contributed by atoms with van der Waals surface area (Å²) < 4.78 is 96.6. The van der Waals surface area contributed by atoms with Crippen molar-refractivity contribution in [2.45, 2.75) is 193 Å². The number of amides is 3. The number of methoxy groups -OCH3 is 2. The van der Waals surface area contributed by atoms with Crippen LogP contribution in [0.5, 0.6) is 0 Å². The molecular formula is C53H72N2O27. The van der Waals surface area contributed by atoms with E-state index in [2.05, 4.69) is 5.32 Å². The molecule has 4 heterocycles. The van der Waals surface area contributed by atoms with E-state index in [1.807, 2.05) is 0 Å². The molecule has 0 aliphatic carbocycles. The number of fused-ring (bicyclic) bond motifs is 1. The molecule has 29 nitrogen and oxygen atoms in total. The van der Waals surface area contributed by atoms with Crippen LogP contribution in [0.15, 0.2) is 30.3 Å². The minimum atomic E-state index is -3.19. The number of ether oxygens (including phenoxy) is 16. The fourth-order valence-corrected chi connectivity index (χ4v) is 9.80. The molecule has 4 aliphatic rings. The summed E-state index contributed by atoms with van der Waals surface area (Å²) in [6.45, 7) is 11.4. The summed E-state index contributed by atoms with van der Waals surface area (Å²) in [5, 5.41) is 2.75. The summed E-state index contributed by atoms with van der Waals surface area (Å²) in [6, 6.07) is 5.41. The van der Waals surface area contributed by atoms with Crippen molar-refractivity contribution in [2.24, 2.45) is 5.41 Å². The van der Waals surface area contributed by atoms with E-state index in [1.54, 1.807) is 30.3 Å². The molecule has 0 aromatic heterocycles. The van der Waals surface area contributed by atoms with E-state index in [-0.39, 0.29) is 6.61 Å². The van der Waals surface area contributed by atoms with E-state index in [1.165, 1.54) is 34.8 Å². The Bertz CT molecular complexity index is 2490. The Kier molecular flexibility index (Phi) is 23.0. The molecule has 4 saturated heterocycles. The smallest absolute Gasteiger partial charge is 0.366 e. The lowest BCUT2D eigenvalue weighted by Crippen LogP contribution is -2.73. The van der Waals surface area contributed by atoms with Crippen molar-refractivity contribution >= 4 is 65.5 Å². The summed E-state index contributed by atoms with van der Waals surface area (Å²) in [5.41, 5.74) is -0.613. The average molecular weight is 1170 g/mol. The fraction of sp³-hybridized carbons (Fsp3) is 0.679. The molecule has 4 fully saturated rings. The first kappa shape index (κ1) is 66.1. The molecule has 0 saturated carbocycles. The summed E-state index contributed by atoms with van der Waals surface area (Å²) >= 11 is 0. The predicted molar refractivity (Wildman–Crippen MR) is 268 cm³/mol. The van der Waals surface area contributed by atoms with Crippen LogP contribution in [-0.2, 0) is 129 Å². The minimum Gasteiger partial charge on any atom is -0.465 e. The van der Waals surface area contributed by atoms with E-state index < -0.39 is 194 Å². The number of rotatable bonds is 20. The van der Waals surface area contributed by atoms with Crippen molar-refractivity contribution in [1.82, 2.24) is 10.2 Å². The third-order valence-electron chi connectivity index (χ3n) is 12.9. The SMILES string of the molecule is COC(=O)[C@@]1(O[C@H]2[C@@H](OC(C)=O)[C@@H](COC(=O)C(C)(C)C)O[C@@H](O[C@@H]3[C@@H](NC(C)=O)[C@@H](OC)O[C@@H]4COC(c5ccccc5)O[C@H]34)[C@@H]2OC(C)=O)C[C@H](OC(C)=O)[C@@H](N(C(C)=O)C(C)=O)[C@H]([C@H](OC(C)=O)[C@@H](COC(C)=O)OC(C)=O)O1. The third kappa shape index (κ3) is 16.7. The molecule has 0 spiro atoms. The number of imide groups is 1. The van der Waals surface area contributed by atoms with Gasteiger partial charge in [-0.15, -0.1) is 0 Å². The molecular weight excluding hydrogens is 1100 g/mol. The lowest BCUT2D eigenvalue weighted by Gasteiger charge is -2.54. The number of esters is 8. The average Bonchev–Trinajstić information content (AvgIpc) is 2.54. The summed E-state index contributed by atoms with van der Waals surface area (Å²) in [7, 11) is 2.13. The molecule has 29 heteroatoms. The fourth-order valence-electron chi connectivity index (χ4n) is 9.80. The Morgan fingerprint density at radius 3 is 1.83 bits per heavy atom. The second kappa shape index (κ2) is 28.5. The highest BCUT2D eigenvalue weighted by Crippen LogP contribution is 2.44. The molecule has 3 amide bonds. The zero-order valence-corrected chi connectivity index (χ0v) is 47.9. The molecule has 4 aliphatic heterocycles. The Morgan fingerprint density at radius 1 is 0.695 bits per heavy atom. The number of hydrogen-bond donors (Lipinski definition) is 1. The number of nitrogens with one attached hydrogen (secondary N) is 1. The first-order valence-electron chi connectivity index (χ1n) is 25.9. The van der Waals surface area contributed by atoms with Crippen molar-refractivity contribution in [2.75, 3.05) is 34.0 Å². The van der Waals surface area contributed by atoms with Gasteiger partial charge in [-0.2, -0.15) is 0 Å². The Labute approximate surface area is 471 Å². The molecule has 5 rings (SSSR count). The summed E-state index contributed by atoms with van der Waals surface area (Å²) in [4.78, 5) is 148. The summed E-state index contributed by atoms with van der Waals surface area (Å²) in [5.74, 6) is -14.7. The molecule has 1 aromatic carbocycles. The lowest BCUT2D eigenvalue weighted by atomic mass is 9.86. The van der Waals surface area contributed by atoms with Crippen molar-refractivity contribution < 1.29 is 129 Å². The monoisotopic (exact) mass is 1170 g/mol. The summed E-state index contributed by atoms with van der Waals surface area (Å²) in [6.07, 6.45) is -25.7. The Hall–Kier alpha value is -6.73. The van der Waals surface area contributed by atoms with Crippen LogP contribution < -0.4 is 5.32 Å². The van der Waals surface area contributed by atoms with Gasteiger partial charge in [0.15, 0.2) is 43.3 Å². The van der Waals surface area contributed by atoms with Crippen LogP contribution in [0.4, 0.5) is 0 Å². The van der Waals surface area contributed by atoms with Crippen molar-refractivity contribution in [3.63, 3.8) is 0 Å². The molecule has 1 unspecified atom stereocenters. The topological polar surface area (TPSA) is 351 Å². The normalized spacial score (nSPS) is 30.5. The van der Waals surface area contributed by atoms with E-state index in [0.29, 0.717) is 10.5 Å². The first-order chi connectivity index (χ1) is 38.4. The van der Waals surface area contributed by atoms with Crippen LogP contribution >= 0.6 is 0 Å². The molecule has 456 valence electrons. The van der Waals surface area contributed by atoms with Crippen LogP contribution in [0.3, 0.4) is 0 Å². The van der Waals surface area contributed by atoms with Gasteiger partial charge in [0.1, 0.15) is 68.0 Å². The van der Waals surface area contributed by atoms with Crippen LogP contribution in [0.2, 0.25) is 0 Å². The van der Waals surface area contributed by atoms with E-state index in [9.17, 15) is 47.9 Å². The predicted octanol–water partition coefficient (Wildman–Crippen LogP) is 0.705. The van der Waals surface area contributed by atoms with Gasteiger partial charge < -0.3 is 81.1 Å². The molecule has 17 atom stereocenters. The Morgan fingerprint density at radius 2 is 1.30 bits per heavy atom. The highest BCUT2D eigenvalue weighted by Gasteiger charge is 2.65. The lowest BCUT2D eigenvalue weighted by molar-refractivity contribution is -0.394. The van der Waals surface area contributed by atoms with Crippen molar-refractivity contribution in [3.8, 4) is 0 Å². The van der Waals surface area contributed by atoms with Crippen LogP contribution in [0.1, 0.15) is 101 Å². The molecule has 0 radical (unpaired) electrons. The molecule has 82 heavy (non-hydrogen) atoms. The quantitative estimate of drug-likeness (QED) is 0.139. The van der Waals surface area contributed by atoms with Crippen LogP contribution in [-0.4, -0.2) is 202 Å².